The van der Waals surface area contributed by atoms with Crippen LogP contribution in [0.15, 0.2) is 12.1 Å². The lowest BCUT2D eigenvalue weighted by Crippen LogP contribution is -2.59. The Hall–Kier alpha value is -1.96. The van der Waals surface area contributed by atoms with Crippen molar-refractivity contribution in [2.75, 3.05) is 33.9 Å². The van der Waals surface area contributed by atoms with Gasteiger partial charge in [-0.05, 0) is 48.6 Å². The van der Waals surface area contributed by atoms with E-state index in [1.165, 1.54) is 7.11 Å². The van der Waals surface area contributed by atoms with Gasteiger partial charge in [0.05, 0.1) is 19.2 Å². The molecule has 5 nitrogen and oxygen atoms in total. The van der Waals surface area contributed by atoms with Gasteiger partial charge >= 0.3 is 6.18 Å². The zero-order valence-corrected chi connectivity index (χ0v) is 17.6. The molecule has 0 N–H and O–H groups in total. The third-order valence-electron chi connectivity index (χ3n) is 5.54. The Morgan fingerprint density at radius 3 is 2.45 bits per heavy atom. The fourth-order valence-electron chi connectivity index (χ4n) is 4.20. The zero-order valence-electron chi connectivity index (χ0n) is 17.6. The smallest absolute Gasteiger partial charge is 0.422 e. The Kier molecular flexibility index (Phi) is 5.77. The first kappa shape index (κ1) is 21.7. The molecule has 1 unspecified atom stereocenters. The van der Waals surface area contributed by atoms with Gasteiger partial charge in [-0.25, -0.2) is 0 Å². The molecule has 0 saturated carbocycles. The van der Waals surface area contributed by atoms with Crippen molar-refractivity contribution in [3.63, 3.8) is 0 Å². The van der Waals surface area contributed by atoms with Crippen molar-refractivity contribution in [2.45, 2.75) is 51.9 Å². The molecule has 1 aromatic rings. The van der Waals surface area contributed by atoms with Gasteiger partial charge in [-0.2, -0.15) is 13.2 Å². The van der Waals surface area contributed by atoms with E-state index in [1.54, 1.807) is 12.1 Å². The Labute approximate surface area is 169 Å². The third kappa shape index (κ3) is 4.79. The number of halogens is 3. The van der Waals surface area contributed by atoms with Gasteiger partial charge < -0.3 is 14.4 Å². The van der Waals surface area contributed by atoms with E-state index in [2.05, 4.69) is 25.7 Å². The number of fused-ring (bicyclic) bond motifs is 3. The van der Waals surface area contributed by atoms with E-state index in [9.17, 15) is 18.0 Å². The largest absolute Gasteiger partial charge is 0.493 e. The summed E-state index contributed by atoms with van der Waals surface area (Å²) < 4.78 is 47.9. The van der Waals surface area contributed by atoms with Crippen molar-refractivity contribution in [3.05, 3.63) is 23.3 Å². The normalized spacial score (nSPS) is 22.9. The number of nitrogens with zero attached hydrogens (tertiary/aromatic N) is 2. The van der Waals surface area contributed by atoms with Gasteiger partial charge in [-0.1, -0.05) is 20.8 Å². The minimum atomic E-state index is -4.42. The number of benzene rings is 1. The van der Waals surface area contributed by atoms with Gasteiger partial charge in [-0.15, -0.1) is 0 Å². The van der Waals surface area contributed by atoms with Crippen LogP contribution in [-0.2, 0) is 11.2 Å². The highest BCUT2D eigenvalue weighted by molar-refractivity contribution is 5.83. The van der Waals surface area contributed by atoms with Gasteiger partial charge in [0.15, 0.2) is 18.1 Å². The third-order valence-corrected chi connectivity index (χ3v) is 5.54. The number of alkyl halides is 3. The SMILES string of the molecule is COc1cc2c(cc1OCC(F)(F)F)CCN1C(=O)[C@@H](CC(C)(C)C)N(C)CC21. The summed E-state index contributed by atoms with van der Waals surface area (Å²) in [5.41, 5.74) is 1.85. The van der Waals surface area contributed by atoms with Gasteiger partial charge in [0.1, 0.15) is 0 Å². The molecule has 8 heteroatoms. The number of likely N-dealkylation sites (N-methyl/N-ethyl adjacent to an activating group) is 1. The van der Waals surface area contributed by atoms with Gasteiger partial charge in [0.25, 0.3) is 0 Å². The molecule has 2 heterocycles. The molecule has 1 saturated heterocycles. The summed E-state index contributed by atoms with van der Waals surface area (Å²) in [6, 6.07) is 3.05. The maximum absolute atomic E-state index is 13.2. The number of piperazine rings is 1. The fraction of sp³-hybridized carbons (Fsp3) is 0.667. The number of methoxy groups -OCH3 is 1. The molecular formula is C21H29F3N2O3. The first-order chi connectivity index (χ1) is 13.4. The summed E-state index contributed by atoms with van der Waals surface area (Å²) in [5, 5.41) is 0. The Morgan fingerprint density at radius 1 is 1.17 bits per heavy atom. The molecule has 0 aromatic heterocycles. The maximum Gasteiger partial charge on any atom is 0.422 e. The lowest BCUT2D eigenvalue weighted by Gasteiger charge is -2.48. The van der Waals surface area contributed by atoms with E-state index in [0.29, 0.717) is 19.5 Å². The van der Waals surface area contributed by atoms with Gasteiger partial charge in [0.2, 0.25) is 5.91 Å². The minimum Gasteiger partial charge on any atom is -0.493 e. The van der Waals surface area contributed by atoms with Crippen molar-refractivity contribution >= 4 is 5.91 Å². The lowest BCUT2D eigenvalue weighted by molar-refractivity contribution is -0.153. The molecular weight excluding hydrogens is 385 g/mol. The van der Waals surface area contributed by atoms with Crippen LogP contribution in [0, 0.1) is 5.41 Å². The molecule has 2 aliphatic rings. The summed E-state index contributed by atoms with van der Waals surface area (Å²) in [7, 11) is 3.36. The minimum absolute atomic E-state index is 0.0308. The van der Waals surface area contributed by atoms with Crippen molar-refractivity contribution < 1.29 is 27.4 Å². The van der Waals surface area contributed by atoms with Crippen LogP contribution in [0.1, 0.15) is 44.4 Å². The lowest BCUT2D eigenvalue weighted by atomic mass is 9.83. The number of amides is 1. The highest BCUT2D eigenvalue weighted by atomic mass is 19.4. The molecule has 162 valence electrons. The number of carbonyl (C=O) groups excluding carboxylic acids is 1. The van der Waals surface area contributed by atoms with E-state index in [0.717, 1.165) is 17.5 Å². The summed E-state index contributed by atoms with van der Waals surface area (Å²) in [6.07, 6.45) is -3.07. The standard InChI is InChI=1S/C21H29F3N2O3/c1-20(2,3)10-15-19(27)26-7-6-13-8-18(29-12-21(22,23)24)17(28-5)9-14(13)16(26)11-25(15)4/h8-9,15-16H,6-7,10-12H2,1-5H3/t15-,16?/m1/s1. The molecule has 1 amide bonds. The van der Waals surface area contributed by atoms with Crippen LogP contribution >= 0.6 is 0 Å². The van der Waals surface area contributed by atoms with Crippen LogP contribution in [0.3, 0.4) is 0 Å². The van der Waals surface area contributed by atoms with Crippen molar-refractivity contribution in [1.82, 2.24) is 9.80 Å². The molecule has 0 radical (unpaired) electrons. The highest BCUT2D eigenvalue weighted by Gasteiger charge is 2.43. The summed E-state index contributed by atoms with van der Waals surface area (Å²) in [5.74, 6) is 0.445. The van der Waals surface area contributed by atoms with E-state index >= 15 is 0 Å². The van der Waals surface area contributed by atoms with Crippen molar-refractivity contribution in [1.29, 1.82) is 0 Å². The van der Waals surface area contributed by atoms with Crippen LogP contribution in [-0.4, -0.2) is 61.8 Å². The Balaban J connectivity index is 1.88. The molecule has 2 aliphatic heterocycles. The number of hydrogen-bond acceptors (Lipinski definition) is 4. The second-order valence-corrected chi connectivity index (χ2v) is 9.12. The molecule has 0 bridgehead atoms. The molecule has 2 atom stereocenters. The van der Waals surface area contributed by atoms with E-state index in [-0.39, 0.29) is 34.9 Å². The van der Waals surface area contributed by atoms with Gasteiger partial charge in [-0.3, -0.25) is 9.69 Å². The van der Waals surface area contributed by atoms with E-state index in [4.69, 9.17) is 9.47 Å². The first-order valence-corrected chi connectivity index (χ1v) is 9.81. The number of ether oxygens (including phenoxy) is 2. The van der Waals surface area contributed by atoms with E-state index in [1.807, 2.05) is 11.9 Å². The monoisotopic (exact) mass is 414 g/mol. The quantitative estimate of drug-likeness (QED) is 0.752. The van der Waals surface area contributed by atoms with Crippen LogP contribution in [0.2, 0.25) is 0 Å². The Bertz CT molecular complexity index is 774. The summed E-state index contributed by atoms with van der Waals surface area (Å²) in [6.45, 7) is 6.23. The zero-order chi connectivity index (χ0) is 21.6. The molecule has 0 spiro atoms. The average molecular weight is 414 g/mol. The second-order valence-electron chi connectivity index (χ2n) is 9.12. The van der Waals surface area contributed by atoms with Crippen LogP contribution in [0.4, 0.5) is 13.2 Å². The molecule has 0 aliphatic carbocycles. The van der Waals surface area contributed by atoms with Crippen molar-refractivity contribution in [2.24, 2.45) is 5.41 Å². The molecule has 3 rings (SSSR count). The van der Waals surface area contributed by atoms with Crippen molar-refractivity contribution in [3.8, 4) is 11.5 Å². The Morgan fingerprint density at radius 2 is 1.86 bits per heavy atom. The predicted molar refractivity (Wildman–Crippen MR) is 103 cm³/mol. The topological polar surface area (TPSA) is 42.0 Å². The van der Waals surface area contributed by atoms with Gasteiger partial charge in [0, 0.05) is 13.1 Å². The molecule has 29 heavy (non-hydrogen) atoms. The maximum atomic E-state index is 13.2. The summed E-state index contributed by atoms with van der Waals surface area (Å²) >= 11 is 0. The van der Waals surface area contributed by atoms with Crippen LogP contribution < -0.4 is 9.47 Å². The number of rotatable bonds is 4. The molecule has 1 fully saturated rings. The number of carbonyl (C=O) groups is 1. The van der Waals surface area contributed by atoms with Crippen LogP contribution in [0.5, 0.6) is 11.5 Å². The van der Waals surface area contributed by atoms with E-state index < -0.39 is 12.8 Å². The second kappa shape index (κ2) is 7.70. The first-order valence-electron chi connectivity index (χ1n) is 9.81. The predicted octanol–water partition coefficient (Wildman–Crippen LogP) is 3.81. The fourth-order valence-corrected chi connectivity index (χ4v) is 4.20. The number of hydrogen-bond donors (Lipinski definition) is 0. The van der Waals surface area contributed by atoms with Crippen LogP contribution in [0.25, 0.3) is 0 Å². The highest BCUT2D eigenvalue weighted by Crippen LogP contribution is 2.41. The molecule has 1 aromatic carbocycles. The summed E-state index contributed by atoms with van der Waals surface area (Å²) in [4.78, 5) is 17.2. The average Bonchev–Trinajstić information content (AvgIpc) is 2.61.